The van der Waals surface area contributed by atoms with Crippen LogP contribution in [0.4, 0.5) is 0 Å². The Bertz CT molecular complexity index is 826. The van der Waals surface area contributed by atoms with E-state index in [1.54, 1.807) is 33.2 Å². The van der Waals surface area contributed by atoms with Crippen LogP contribution in [0.3, 0.4) is 0 Å². The third kappa shape index (κ3) is 3.30. The Hall–Kier alpha value is -2.67. The highest BCUT2D eigenvalue weighted by molar-refractivity contribution is 6.24. The largest absolute Gasteiger partial charge is 0.331 e. The van der Waals surface area contributed by atoms with Crippen LogP contribution in [0.5, 0.6) is 0 Å². The molecule has 0 bridgehead atoms. The molecule has 0 aromatic carbocycles. The van der Waals surface area contributed by atoms with E-state index in [4.69, 9.17) is 6.42 Å². The minimum atomic E-state index is -0.0155. The number of allylic oxidation sites excluding steroid dienone is 5. The lowest BCUT2D eigenvalue weighted by Crippen LogP contribution is -2.21. The number of imidazole rings is 1. The summed E-state index contributed by atoms with van der Waals surface area (Å²) in [5.74, 6) is 2.46. The van der Waals surface area contributed by atoms with Crippen LogP contribution in [0.2, 0.25) is 0 Å². The first kappa shape index (κ1) is 17.7. The van der Waals surface area contributed by atoms with Crippen LogP contribution in [0.25, 0.3) is 6.08 Å². The average Bonchev–Trinajstić information content (AvgIpc) is 2.92. The standard InChI is InChI=1S/C20H22N2O2/c1-6-7-10-18-16(5)21-12-22(18)11-8-9-17-15(4)19(23)13(2)14(3)20(17)24/h1,7,10,12H,8-9,11H2,2-5H3/b10-7-. The first-order valence-electron chi connectivity index (χ1n) is 7.99. The molecule has 0 amide bonds. The third-order valence-corrected chi connectivity index (χ3v) is 4.55. The van der Waals surface area contributed by atoms with Crippen molar-refractivity contribution in [1.82, 2.24) is 9.55 Å². The lowest BCUT2D eigenvalue weighted by atomic mass is 9.84. The molecule has 0 N–H and O–H groups in total. The van der Waals surface area contributed by atoms with Gasteiger partial charge in [-0.15, -0.1) is 6.42 Å². The monoisotopic (exact) mass is 322 g/mol. The van der Waals surface area contributed by atoms with Gasteiger partial charge in [0, 0.05) is 28.8 Å². The van der Waals surface area contributed by atoms with Gasteiger partial charge >= 0.3 is 0 Å². The molecular weight excluding hydrogens is 300 g/mol. The Labute approximate surface area is 143 Å². The van der Waals surface area contributed by atoms with Gasteiger partial charge < -0.3 is 4.57 Å². The van der Waals surface area contributed by atoms with Crippen LogP contribution in [0, 0.1) is 19.3 Å². The molecule has 1 aliphatic rings. The maximum absolute atomic E-state index is 12.4. The van der Waals surface area contributed by atoms with Crippen LogP contribution in [0.1, 0.15) is 45.0 Å². The van der Waals surface area contributed by atoms with Crippen molar-refractivity contribution in [1.29, 1.82) is 0 Å². The van der Waals surface area contributed by atoms with Crippen LogP contribution < -0.4 is 0 Å². The van der Waals surface area contributed by atoms with Crippen LogP contribution >= 0.6 is 0 Å². The molecule has 1 aliphatic carbocycles. The van der Waals surface area contributed by atoms with Gasteiger partial charge in [0.1, 0.15) is 0 Å². The highest BCUT2D eigenvalue weighted by Gasteiger charge is 2.27. The van der Waals surface area contributed by atoms with Gasteiger partial charge in [-0.25, -0.2) is 4.98 Å². The first-order chi connectivity index (χ1) is 11.4. The van der Waals surface area contributed by atoms with Gasteiger partial charge in [-0.2, -0.15) is 0 Å². The van der Waals surface area contributed by atoms with Crippen molar-refractivity contribution in [2.45, 2.75) is 47.1 Å². The van der Waals surface area contributed by atoms with Crippen LogP contribution in [-0.2, 0) is 16.1 Å². The quantitative estimate of drug-likeness (QED) is 0.616. The van der Waals surface area contributed by atoms with Crippen molar-refractivity contribution in [3.8, 4) is 12.3 Å². The van der Waals surface area contributed by atoms with E-state index in [0.717, 1.165) is 17.8 Å². The fourth-order valence-electron chi connectivity index (χ4n) is 2.90. The molecule has 1 heterocycles. The summed E-state index contributed by atoms with van der Waals surface area (Å²) in [5, 5.41) is 0. The predicted octanol–water partition coefficient (Wildman–Crippen LogP) is 3.42. The fourth-order valence-corrected chi connectivity index (χ4v) is 2.90. The van der Waals surface area contributed by atoms with Crippen molar-refractivity contribution in [2.24, 2.45) is 0 Å². The van der Waals surface area contributed by atoms with E-state index in [-0.39, 0.29) is 11.6 Å². The number of nitrogens with zero attached hydrogens (tertiary/aromatic N) is 2. The molecule has 1 aromatic heterocycles. The van der Waals surface area contributed by atoms with Crippen molar-refractivity contribution < 1.29 is 9.59 Å². The number of hydrogen-bond acceptors (Lipinski definition) is 3. The zero-order valence-corrected chi connectivity index (χ0v) is 14.6. The van der Waals surface area contributed by atoms with E-state index >= 15 is 0 Å². The van der Waals surface area contributed by atoms with Crippen LogP contribution in [0.15, 0.2) is 34.7 Å². The molecule has 124 valence electrons. The Morgan fingerprint density at radius 2 is 1.79 bits per heavy atom. The molecule has 24 heavy (non-hydrogen) atoms. The zero-order chi connectivity index (χ0) is 17.9. The smallest absolute Gasteiger partial charge is 0.185 e. The summed E-state index contributed by atoms with van der Waals surface area (Å²) in [7, 11) is 0. The van der Waals surface area contributed by atoms with Crippen molar-refractivity contribution in [2.75, 3.05) is 0 Å². The minimum Gasteiger partial charge on any atom is -0.331 e. The van der Waals surface area contributed by atoms with Crippen molar-refractivity contribution >= 4 is 17.6 Å². The van der Waals surface area contributed by atoms with Gasteiger partial charge in [0.25, 0.3) is 0 Å². The van der Waals surface area contributed by atoms with E-state index in [2.05, 4.69) is 10.9 Å². The highest BCUT2D eigenvalue weighted by atomic mass is 16.1. The Kier molecular flexibility index (Phi) is 5.35. The molecule has 0 atom stereocenters. The molecule has 0 unspecified atom stereocenters. The number of rotatable bonds is 5. The lowest BCUT2D eigenvalue weighted by Gasteiger charge is -2.18. The Morgan fingerprint density at radius 3 is 2.46 bits per heavy atom. The van der Waals surface area contributed by atoms with Gasteiger partial charge in [-0.05, 0) is 52.7 Å². The summed E-state index contributed by atoms with van der Waals surface area (Å²) in [6, 6.07) is 0. The predicted molar refractivity (Wildman–Crippen MR) is 95.2 cm³/mol. The number of Topliss-reactive ketones (excluding diaryl/α,β-unsaturated/α-hetero) is 2. The summed E-state index contributed by atoms with van der Waals surface area (Å²) >= 11 is 0. The average molecular weight is 322 g/mol. The van der Waals surface area contributed by atoms with E-state index in [0.29, 0.717) is 35.3 Å². The van der Waals surface area contributed by atoms with E-state index in [1.165, 1.54) is 0 Å². The molecule has 2 rings (SSSR count). The normalized spacial score (nSPS) is 15.6. The van der Waals surface area contributed by atoms with E-state index in [9.17, 15) is 9.59 Å². The second-order valence-electron chi connectivity index (χ2n) is 6.02. The van der Waals surface area contributed by atoms with Gasteiger partial charge in [0.2, 0.25) is 0 Å². The zero-order valence-electron chi connectivity index (χ0n) is 14.6. The number of aryl methyl sites for hydroxylation is 2. The van der Waals surface area contributed by atoms with Gasteiger partial charge in [0.15, 0.2) is 11.6 Å². The molecule has 4 nitrogen and oxygen atoms in total. The van der Waals surface area contributed by atoms with Crippen molar-refractivity contribution in [3.63, 3.8) is 0 Å². The second kappa shape index (κ2) is 7.27. The molecular formula is C20H22N2O2. The SMILES string of the molecule is C#C/C=C\c1c(C)ncn1CCCC1=C(C)C(=O)C(C)=C(C)C1=O. The number of hydrogen-bond donors (Lipinski definition) is 0. The fraction of sp³-hybridized carbons (Fsp3) is 0.350. The van der Waals surface area contributed by atoms with E-state index in [1.807, 2.05) is 17.6 Å². The number of ketones is 2. The number of carbonyl (C=O) groups excluding carboxylic acids is 2. The number of aromatic nitrogens is 2. The summed E-state index contributed by atoms with van der Waals surface area (Å²) < 4.78 is 2.02. The van der Waals surface area contributed by atoms with Gasteiger partial charge in [-0.1, -0.05) is 5.92 Å². The molecule has 0 radical (unpaired) electrons. The molecule has 1 aromatic rings. The Morgan fingerprint density at radius 1 is 1.12 bits per heavy atom. The molecule has 0 saturated carbocycles. The summed E-state index contributed by atoms with van der Waals surface area (Å²) in [6.07, 6.45) is 11.9. The van der Waals surface area contributed by atoms with Gasteiger partial charge in [0.05, 0.1) is 17.7 Å². The maximum atomic E-state index is 12.4. The third-order valence-electron chi connectivity index (χ3n) is 4.55. The number of terminal acetylenes is 1. The topological polar surface area (TPSA) is 52.0 Å². The number of carbonyl (C=O) groups is 2. The lowest BCUT2D eigenvalue weighted by molar-refractivity contribution is -0.116. The first-order valence-corrected chi connectivity index (χ1v) is 7.99. The Balaban J connectivity index is 2.11. The maximum Gasteiger partial charge on any atom is 0.185 e. The van der Waals surface area contributed by atoms with E-state index < -0.39 is 0 Å². The van der Waals surface area contributed by atoms with Gasteiger partial charge in [-0.3, -0.25) is 9.59 Å². The second-order valence-corrected chi connectivity index (χ2v) is 6.02. The molecule has 0 saturated heterocycles. The molecule has 0 fully saturated rings. The van der Waals surface area contributed by atoms with Crippen LogP contribution in [-0.4, -0.2) is 21.1 Å². The summed E-state index contributed by atoms with van der Waals surface area (Å²) in [4.78, 5) is 28.9. The summed E-state index contributed by atoms with van der Waals surface area (Å²) in [6.45, 7) is 7.83. The summed E-state index contributed by atoms with van der Waals surface area (Å²) in [5.41, 5.74) is 4.23. The molecule has 0 aliphatic heterocycles. The minimum absolute atomic E-state index is 0.00105. The highest BCUT2D eigenvalue weighted by Crippen LogP contribution is 2.27. The van der Waals surface area contributed by atoms with Crippen molar-refractivity contribution in [3.05, 3.63) is 46.1 Å². The molecule has 4 heteroatoms. The molecule has 0 spiro atoms.